The van der Waals surface area contributed by atoms with Gasteiger partial charge in [-0.3, -0.25) is 4.90 Å². The van der Waals surface area contributed by atoms with Crippen molar-refractivity contribution < 1.29 is 0 Å². The summed E-state index contributed by atoms with van der Waals surface area (Å²) in [6.45, 7) is 8.55. The Kier molecular flexibility index (Phi) is 2.99. The lowest BCUT2D eigenvalue weighted by molar-refractivity contribution is 0.0171. The third-order valence-electron chi connectivity index (χ3n) is 5.19. The first-order chi connectivity index (χ1) is 8.10. The van der Waals surface area contributed by atoms with Gasteiger partial charge in [-0.25, -0.2) is 0 Å². The molecule has 0 atom stereocenters. The average molecular weight is 236 g/mol. The normalized spacial score (nSPS) is 32.1. The Morgan fingerprint density at radius 2 is 1.88 bits per heavy atom. The van der Waals surface area contributed by atoms with Crippen molar-refractivity contribution in [1.82, 2.24) is 10.2 Å². The fraction of sp³-hybridized carbons (Fsp3) is 1.00. The van der Waals surface area contributed by atoms with Crippen LogP contribution in [0.1, 0.15) is 58.8 Å². The highest BCUT2D eigenvalue weighted by Crippen LogP contribution is 2.40. The van der Waals surface area contributed by atoms with E-state index < -0.39 is 0 Å². The van der Waals surface area contributed by atoms with E-state index >= 15 is 0 Å². The fourth-order valence-corrected chi connectivity index (χ4v) is 3.80. The lowest BCUT2D eigenvalue weighted by Gasteiger charge is -2.51. The summed E-state index contributed by atoms with van der Waals surface area (Å²) in [6.07, 6.45) is 10.2. The van der Waals surface area contributed by atoms with Crippen LogP contribution >= 0.6 is 0 Å². The monoisotopic (exact) mass is 236 g/mol. The molecule has 0 amide bonds. The van der Waals surface area contributed by atoms with Gasteiger partial charge in [0.2, 0.25) is 0 Å². The highest BCUT2D eigenvalue weighted by molar-refractivity contribution is 5.04. The molecular formula is C15H28N2. The van der Waals surface area contributed by atoms with Crippen molar-refractivity contribution in [2.24, 2.45) is 5.92 Å². The van der Waals surface area contributed by atoms with Gasteiger partial charge in [-0.15, -0.1) is 0 Å². The maximum absolute atomic E-state index is 3.78. The van der Waals surface area contributed by atoms with E-state index in [4.69, 9.17) is 0 Å². The van der Waals surface area contributed by atoms with Crippen LogP contribution in [0, 0.1) is 5.92 Å². The Balaban J connectivity index is 1.67. The van der Waals surface area contributed by atoms with Crippen molar-refractivity contribution in [3.63, 3.8) is 0 Å². The number of nitrogens with one attached hydrogen (secondary N) is 1. The fourth-order valence-electron chi connectivity index (χ4n) is 3.80. The number of rotatable bonds is 3. The van der Waals surface area contributed by atoms with E-state index in [1.165, 1.54) is 64.6 Å². The molecule has 2 aliphatic carbocycles. The second kappa shape index (κ2) is 4.24. The molecule has 1 saturated heterocycles. The molecule has 0 bridgehead atoms. The predicted octanol–water partition coefficient (Wildman–Crippen LogP) is 2.78. The molecule has 1 aliphatic heterocycles. The molecule has 0 unspecified atom stereocenters. The standard InChI is InChI=1S/C15H28N2/c1-14(2)12-17(10-7-13-5-6-13)15(11-16-14)8-3-4-9-15/h13,16H,3-12H2,1-2H3. The lowest BCUT2D eigenvalue weighted by Crippen LogP contribution is -2.67. The summed E-state index contributed by atoms with van der Waals surface area (Å²) in [7, 11) is 0. The third kappa shape index (κ3) is 2.53. The summed E-state index contributed by atoms with van der Waals surface area (Å²) < 4.78 is 0. The topological polar surface area (TPSA) is 15.3 Å². The molecule has 3 aliphatic rings. The van der Waals surface area contributed by atoms with Gasteiger partial charge in [0.15, 0.2) is 0 Å². The van der Waals surface area contributed by atoms with Gasteiger partial charge in [-0.1, -0.05) is 25.7 Å². The second-order valence-electron chi connectivity index (χ2n) is 7.32. The van der Waals surface area contributed by atoms with E-state index in [0.717, 1.165) is 5.92 Å². The SMILES string of the molecule is CC1(C)CN(CCC2CC2)C2(CCCC2)CN1. The van der Waals surface area contributed by atoms with Gasteiger partial charge >= 0.3 is 0 Å². The molecule has 2 heteroatoms. The molecule has 3 fully saturated rings. The van der Waals surface area contributed by atoms with E-state index in [2.05, 4.69) is 24.1 Å². The van der Waals surface area contributed by atoms with Gasteiger partial charge in [-0.05, 0) is 45.6 Å². The van der Waals surface area contributed by atoms with Gasteiger partial charge in [-0.2, -0.15) is 0 Å². The Morgan fingerprint density at radius 3 is 2.53 bits per heavy atom. The average Bonchev–Trinajstić information content (AvgIpc) is 2.99. The van der Waals surface area contributed by atoms with Crippen molar-refractivity contribution in [3.8, 4) is 0 Å². The van der Waals surface area contributed by atoms with Crippen LogP contribution < -0.4 is 5.32 Å². The minimum atomic E-state index is 0.317. The van der Waals surface area contributed by atoms with Crippen LogP contribution in [0.25, 0.3) is 0 Å². The predicted molar refractivity (Wildman–Crippen MR) is 72.2 cm³/mol. The van der Waals surface area contributed by atoms with Crippen molar-refractivity contribution >= 4 is 0 Å². The summed E-state index contributed by atoms with van der Waals surface area (Å²) in [5, 5.41) is 3.78. The van der Waals surface area contributed by atoms with Crippen LogP contribution in [0.15, 0.2) is 0 Å². The lowest BCUT2D eigenvalue weighted by atomic mass is 9.87. The maximum atomic E-state index is 3.78. The first-order valence-electron chi connectivity index (χ1n) is 7.60. The molecule has 1 N–H and O–H groups in total. The molecule has 3 rings (SSSR count). The van der Waals surface area contributed by atoms with Crippen molar-refractivity contribution in [2.45, 2.75) is 69.9 Å². The Morgan fingerprint density at radius 1 is 1.18 bits per heavy atom. The molecule has 17 heavy (non-hydrogen) atoms. The summed E-state index contributed by atoms with van der Waals surface area (Å²) in [5.74, 6) is 1.08. The summed E-state index contributed by atoms with van der Waals surface area (Å²) >= 11 is 0. The van der Waals surface area contributed by atoms with Crippen LogP contribution in [0.5, 0.6) is 0 Å². The third-order valence-corrected chi connectivity index (χ3v) is 5.19. The van der Waals surface area contributed by atoms with Crippen LogP contribution in [-0.4, -0.2) is 35.6 Å². The minimum Gasteiger partial charge on any atom is -0.309 e. The molecule has 0 aromatic rings. The number of piperazine rings is 1. The van der Waals surface area contributed by atoms with Crippen molar-refractivity contribution in [3.05, 3.63) is 0 Å². The number of hydrogen-bond donors (Lipinski definition) is 1. The van der Waals surface area contributed by atoms with Gasteiger partial charge in [0, 0.05) is 24.2 Å². The Labute approximate surface area is 106 Å². The first kappa shape index (κ1) is 12.0. The molecule has 1 heterocycles. The van der Waals surface area contributed by atoms with E-state index in [1.807, 2.05) is 0 Å². The quantitative estimate of drug-likeness (QED) is 0.810. The van der Waals surface area contributed by atoms with E-state index in [0.29, 0.717) is 11.1 Å². The molecule has 2 nitrogen and oxygen atoms in total. The van der Waals surface area contributed by atoms with Gasteiger partial charge in [0.05, 0.1) is 0 Å². The van der Waals surface area contributed by atoms with Crippen LogP contribution in [0.2, 0.25) is 0 Å². The number of hydrogen-bond acceptors (Lipinski definition) is 2. The first-order valence-corrected chi connectivity index (χ1v) is 7.60. The maximum Gasteiger partial charge on any atom is 0.0334 e. The molecule has 0 aromatic carbocycles. The minimum absolute atomic E-state index is 0.317. The molecule has 2 saturated carbocycles. The summed E-state index contributed by atoms with van der Waals surface area (Å²) in [5.41, 5.74) is 0.849. The Bertz CT molecular complexity index is 275. The van der Waals surface area contributed by atoms with E-state index in [-0.39, 0.29) is 0 Å². The zero-order valence-corrected chi connectivity index (χ0v) is 11.6. The van der Waals surface area contributed by atoms with Gasteiger partial charge in [0.1, 0.15) is 0 Å². The largest absolute Gasteiger partial charge is 0.309 e. The Hall–Kier alpha value is -0.0800. The molecule has 0 radical (unpaired) electrons. The summed E-state index contributed by atoms with van der Waals surface area (Å²) in [4.78, 5) is 2.86. The van der Waals surface area contributed by atoms with Crippen molar-refractivity contribution in [1.29, 1.82) is 0 Å². The van der Waals surface area contributed by atoms with Crippen LogP contribution in [0.4, 0.5) is 0 Å². The van der Waals surface area contributed by atoms with Gasteiger partial charge < -0.3 is 5.32 Å². The van der Waals surface area contributed by atoms with Crippen molar-refractivity contribution in [2.75, 3.05) is 19.6 Å². The van der Waals surface area contributed by atoms with E-state index in [9.17, 15) is 0 Å². The summed E-state index contributed by atoms with van der Waals surface area (Å²) in [6, 6.07) is 0. The van der Waals surface area contributed by atoms with Crippen LogP contribution in [0.3, 0.4) is 0 Å². The van der Waals surface area contributed by atoms with Gasteiger partial charge in [0.25, 0.3) is 0 Å². The smallest absolute Gasteiger partial charge is 0.0334 e. The highest BCUT2D eigenvalue weighted by Gasteiger charge is 2.45. The molecular weight excluding hydrogens is 208 g/mol. The molecule has 1 spiro atoms. The van der Waals surface area contributed by atoms with E-state index in [1.54, 1.807) is 0 Å². The molecule has 98 valence electrons. The molecule has 0 aromatic heterocycles. The number of nitrogens with zero attached hydrogens (tertiary/aromatic N) is 1. The highest BCUT2D eigenvalue weighted by atomic mass is 15.3. The van der Waals surface area contributed by atoms with Crippen LogP contribution in [-0.2, 0) is 0 Å². The zero-order chi connectivity index (χ0) is 11.9. The zero-order valence-electron chi connectivity index (χ0n) is 11.6. The second-order valence-corrected chi connectivity index (χ2v) is 7.32.